The highest BCUT2D eigenvalue weighted by Crippen LogP contribution is 1.65. The van der Waals surface area contributed by atoms with E-state index in [1.807, 2.05) is 6.82 Å². The van der Waals surface area contributed by atoms with Crippen LogP contribution in [0.3, 0.4) is 0 Å². The molecule has 1 fully saturated rings. The van der Waals surface area contributed by atoms with Crippen LogP contribution in [0.1, 0.15) is 0 Å². The average molecular weight is 92.5 g/mol. The van der Waals surface area contributed by atoms with Crippen molar-refractivity contribution in [1.82, 2.24) is 15.4 Å². The molecule has 0 bridgehead atoms. The van der Waals surface area contributed by atoms with E-state index in [0.29, 0.717) is 6.98 Å². The lowest BCUT2D eigenvalue weighted by Gasteiger charge is -2.16. The molecule has 1 rings (SSSR count). The van der Waals surface area contributed by atoms with Gasteiger partial charge in [0.2, 0.25) is 0 Å². The lowest BCUT2D eigenvalue weighted by molar-refractivity contribution is 1.24. The highest BCUT2D eigenvalue weighted by molar-refractivity contribution is 6.74. The Morgan fingerprint density at radius 1 is 1.29 bits per heavy atom. The minimum Gasteiger partial charge on any atom is -0.379 e. The Balaban J connectivity index is 2.12. The van der Waals surface area contributed by atoms with Crippen molar-refractivity contribution < 1.29 is 0 Å². The number of nitrogens with one attached hydrogen (secondary N) is 3. The molecule has 0 aromatic heterocycles. The van der Waals surface area contributed by atoms with Gasteiger partial charge in [-0.15, -0.1) is 0 Å². The first kappa shape index (κ1) is 5.22. The molecule has 0 aromatic rings. The Morgan fingerprint density at radius 2 is 1.86 bits per heavy atom. The quantitative estimate of drug-likeness (QED) is 0.301. The molecule has 0 spiro atoms. The summed E-state index contributed by atoms with van der Waals surface area (Å²) in [7, 11) is 3.59. The van der Waals surface area contributed by atoms with Crippen LogP contribution in [0.2, 0.25) is 6.82 Å². The third kappa shape index (κ3) is 1.55. The van der Waals surface area contributed by atoms with Gasteiger partial charge in [0, 0.05) is 0 Å². The third-order valence-electron chi connectivity index (χ3n) is 0.833. The summed E-state index contributed by atoms with van der Waals surface area (Å²) >= 11 is 0. The fraction of sp³-hybridized carbons (Fsp3) is 1.00. The van der Waals surface area contributed by atoms with Crippen LogP contribution in [0.4, 0.5) is 0 Å². The van der Waals surface area contributed by atoms with Crippen molar-refractivity contribution in [2.75, 3.05) is 0 Å². The molecule has 3 N–H and O–H groups in total. The van der Waals surface area contributed by atoms with Crippen LogP contribution in [-0.2, 0) is 0 Å². The van der Waals surface area contributed by atoms with Crippen LogP contribution in [0, 0.1) is 0 Å². The maximum Gasteiger partial charge on any atom is 0.284 e. The maximum atomic E-state index is 3.00. The molecule has 1 heterocycles. The predicted molar refractivity (Wildman–Crippen MR) is 32.5 cm³/mol. The normalized spacial score (nSPS) is 20.4. The van der Waals surface area contributed by atoms with Gasteiger partial charge in [0.15, 0.2) is 0 Å². The van der Waals surface area contributed by atoms with Crippen molar-refractivity contribution in [2.45, 2.75) is 6.82 Å². The van der Waals surface area contributed by atoms with E-state index in [1.54, 1.807) is 15.1 Å². The van der Waals surface area contributed by atoms with Crippen molar-refractivity contribution >= 4 is 22.1 Å². The van der Waals surface area contributed by atoms with Gasteiger partial charge < -0.3 is 15.4 Å². The van der Waals surface area contributed by atoms with Crippen molar-refractivity contribution in [3.63, 3.8) is 0 Å². The van der Waals surface area contributed by atoms with Gasteiger partial charge in [0.1, 0.15) is 0 Å². The standard InChI is InChI=1S/CH6B3N3/c1-4-6-2-5-3-7-4/h5-7H,1H3. The molecular weight excluding hydrogens is 86.5 g/mol. The van der Waals surface area contributed by atoms with E-state index in [2.05, 4.69) is 15.4 Å². The summed E-state index contributed by atoms with van der Waals surface area (Å²) in [6.45, 7) is 2.40. The number of hydrogen-bond acceptors (Lipinski definition) is 3. The molecule has 0 unspecified atom stereocenters. The first-order valence-corrected chi connectivity index (χ1v) is 2.31. The van der Waals surface area contributed by atoms with Crippen molar-refractivity contribution in [2.24, 2.45) is 0 Å². The van der Waals surface area contributed by atoms with E-state index in [-0.39, 0.29) is 0 Å². The monoisotopic (exact) mass is 93.1 g/mol. The van der Waals surface area contributed by atoms with Gasteiger partial charge in [0.05, 0.1) is 0 Å². The Bertz CT molecular complexity index is 52.1. The summed E-state index contributed by atoms with van der Waals surface area (Å²) in [5, 5.41) is 8.85. The molecular formula is CH6B3N3. The fourth-order valence-corrected chi connectivity index (χ4v) is 0.436. The van der Waals surface area contributed by atoms with Crippen molar-refractivity contribution in [3.05, 3.63) is 0 Å². The minimum absolute atomic E-state index is 0.362. The zero-order chi connectivity index (χ0) is 5.11. The van der Waals surface area contributed by atoms with Crippen LogP contribution in [0.15, 0.2) is 0 Å². The van der Waals surface area contributed by atoms with Crippen LogP contribution >= 0.6 is 0 Å². The van der Waals surface area contributed by atoms with Crippen LogP contribution < -0.4 is 15.4 Å². The Labute approximate surface area is 45.3 Å². The van der Waals surface area contributed by atoms with E-state index in [0.717, 1.165) is 0 Å². The second-order valence-electron chi connectivity index (χ2n) is 1.51. The van der Waals surface area contributed by atoms with Gasteiger partial charge in [-0.3, -0.25) is 0 Å². The molecule has 0 saturated carbocycles. The van der Waals surface area contributed by atoms with Crippen LogP contribution in [0.5, 0.6) is 0 Å². The minimum atomic E-state index is 0.362. The first-order valence-electron chi connectivity index (χ1n) is 2.31. The van der Waals surface area contributed by atoms with Crippen LogP contribution in [0.25, 0.3) is 0 Å². The van der Waals surface area contributed by atoms with E-state index in [9.17, 15) is 0 Å². The summed E-state index contributed by atoms with van der Waals surface area (Å²) in [4.78, 5) is 0. The van der Waals surface area contributed by atoms with Gasteiger partial charge in [0.25, 0.3) is 22.1 Å². The topological polar surface area (TPSA) is 36.1 Å². The lowest BCUT2D eigenvalue weighted by Crippen LogP contribution is -2.61. The average Bonchev–Trinajstić information content (AvgIpc) is 1.69. The molecule has 0 atom stereocenters. The van der Waals surface area contributed by atoms with E-state index >= 15 is 0 Å². The number of hydrogen-bond donors (Lipinski definition) is 3. The summed E-state index contributed by atoms with van der Waals surface area (Å²) in [6.07, 6.45) is 0. The Hall–Kier alpha value is 0.0748. The zero-order valence-electron chi connectivity index (χ0n) is 4.23. The molecule has 0 aromatic carbocycles. The molecule has 7 heavy (non-hydrogen) atoms. The number of rotatable bonds is 0. The van der Waals surface area contributed by atoms with E-state index < -0.39 is 0 Å². The maximum absolute atomic E-state index is 3.00. The van der Waals surface area contributed by atoms with Crippen molar-refractivity contribution in [1.29, 1.82) is 0 Å². The highest BCUT2D eigenvalue weighted by Gasteiger charge is 2.10. The summed E-state index contributed by atoms with van der Waals surface area (Å²) < 4.78 is 0. The van der Waals surface area contributed by atoms with E-state index in [1.165, 1.54) is 0 Å². The summed E-state index contributed by atoms with van der Waals surface area (Å²) in [5.41, 5.74) is 0. The highest BCUT2D eigenvalue weighted by atomic mass is 15.0. The van der Waals surface area contributed by atoms with Gasteiger partial charge in [-0.05, 0) is 0 Å². The zero-order valence-corrected chi connectivity index (χ0v) is 4.23. The van der Waals surface area contributed by atoms with Gasteiger partial charge in [-0.25, -0.2) is 0 Å². The Morgan fingerprint density at radius 3 is 2.14 bits per heavy atom. The van der Waals surface area contributed by atoms with Crippen LogP contribution in [-0.4, -0.2) is 22.1 Å². The summed E-state index contributed by atoms with van der Waals surface area (Å²) in [6, 6.07) is 0. The molecule has 0 aliphatic carbocycles. The molecule has 3 nitrogen and oxygen atoms in total. The fourth-order valence-electron chi connectivity index (χ4n) is 0.436. The second kappa shape index (κ2) is 2.40. The SMILES string of the molecule is CB1N[B]N[B]N1. The smallest absolute Gasteiger partial charge is 0.284 e. The first-order chi connectivity index (χ1) is 3.39. The van der Waals surface area contributed by atoms with Gasteiger partial charge >= 0.3 is 0 Å². The molecule has 34 valence electrons. The third-order valence-corrected chi connectivity index (χ3v) is 0.833. The van der Waals surface area contributed by atoms with E-state index in [4.69, 9.17) is 0 Å². The molecule has 6 heteroatoms. The second-order valence-corrected chi connectivity index (χ2v) is 1.51. The largest absolute Gasteiger partial charge is 0.379 e. The molecule has 1 aliphatic rings. The lowest BCUT2D eigenvalue weighted by atomic mass is 9.68. The van der Waals surface area contributed by atoms with Crippen molar-refractivity contribution in [3.8, 4) is 0 Å². The Kier molecular flexibility index (Phi) is 1.79. The van der Waals surface area contributed by atoms with Gasteiger partial charge in [-0.2, -0.15) is 0 Å². The summed E-state index contributed by atoms with van der Waals surface area (Å²) in [5.74, 6) is 0. The molecule has 2 radical (unpaired) electrons. The van der Waals surface area contributed by atoms with Gasteiger partial charge in [-0.1, -0.05) is 6.82 Å². The molecule has 1 aliphatic heterocycles. The molecule has 1 saturated heterocycles. The molecule has 0 amide bonds. The predicted octanol–water partition coefficient (Wildman–Crippen LogP) is -2.04.